The summed E-state index contributed by atoms with van der Waals surface area (Å²) in [6.45, 7) is 2.32. The molecular weight excluding hydrogens is 423 g/mol. The fraction of sp³-hybridized carbons (Fsp3) is 0.158. The van der Waals surface area contributed by atoms with Gasteiger partial charge in [-0.05, 0) is 47.1 Å². The minimum Gasteiger partial charge on any atom is -0.438 e. The first-order valence-electron chi connectivity index (χ1n) is 8.09. The van der Waals surface area contributed by atoms with Crippen molar-refractivity contribution in [1.29, 1.82) is 0 Å². The fourth-order valence-corrected chi connectivity index (χ4v) is 2.95. The summed E-state index contributed by atoms with van der Waals surface area (Å²) in [5.41, 5.74) is -0.288. The highest BCUT2D eigenvalue weighted by Gasteiger charge is 2.37. The molecule has 140 valence electrons. The Labute approximate surface area is 162 Å². The molecule has 1 aromatic heterocycles. The Morgan fingerprint density at radius 1 is 1.04 bits per heavy atom. The molecule has 8 heteroatoms. The Hall–Kier alpha value is -2.61. The molecule has 3 aromatic rings. The number of anilines is 2. The smallest absolute Gasteiger partial charge is 0.423 e. The molecule has 0 spiro atoms. The van der Waals surface area contributed by atoms with Crippen LogP contribution in [0.2, 0.25) is 0 Å². The summed E-state index contributed by atoms with van der Waals surface area (Å²) in [6.07, 6.45) is -3.88. The van der Waals surface area contributed by atoms with E-state index in [1.54, 1.807) is 35.2 Å². The third kappa shape index (κ3) is 4.39. The molecule has 0 fully saturated rings. The number of nitrogens with zero attached hydrogens (tertiary/aromatic N) is 3. The quantitative estimate of drug-likeness (QED) is 0.475. The van der Waals surface area contributed by atoms with Gasteiger partial charge >= 0.3 is 6.18 Å². The van der Waals surface area contributed by atoms with Crippen molar-refractivity contribution in [3.63, 3.8) is 0 Å². The summed E-state index contributed by atoms with van der Waals surface area (Å²) in [5, 5.41) is 0. The Morgan fingerprint density at radius 2 is 1.70 bits per heavy atom. The monoisotopic (exact) mass is 437 g/mol. The highest BCUT2D eigenvalue weighted by atomic mass is 79.9. The van der Waals surface area contributed by atoms with Gasteiger partial charge in [-0.25, -0.2) is 4.98 Å². The predicted octanol–water partition coefficient (Wildman–Crippen LogP) is 6.21. The predicted molar refractivity (Wildman–Crippen MR) is 100 cm³/mol. The Bertz CT molecular complexity index is 920. The molecular formula is C19H15BrF3N3O. The average Bonchev–Trinajstić information content (AvgIpc) is 2.64. The van der Waals surface area contributed by atoms with Gasteiger partial charge < -0.3 is 9.64 Å². The highest BCUT2D eigenvalue weighted by Crippen LogP contribution is 2.38. The molecule has 27 heavy (non-hydrogen) atoms. The summed E-state index contributed by atoms with van der Waals surface area (Å²) < 4.78 is 46.3. The minimum absolute atomic E-state index is 0.114. The lowest BCUT2D eigenvalue weighted by Crippen LogP contribution is -2.20. The third-order valence-electron chi connectivity index (χ3n) is 3.71. The first-order chi connectivity index (χ1) is 12.9. The van der Waals surface area contributed by atoms with Gasteiger partial charge in [0.25, 0.3) is 0 Å². The molecule has 0 bridgehead atoms. The summed E-state index contributed by atoms with van der Waals surface area (Å²) in [6, 6.07) is 15.5. The number of alkyl halides is 3. The van der Waals surface area contributed by atoms with Gasteiger partial charge in [0.15, 0.2) is 0 Å². The normalized spacial score (nSPS) is 11.3. The minimum atomic E-state index is -4.63. The summed E-state index contributed by atoms with van der Waals surface area (Å²) in [7, 11) is 0. The Morgan fingerprint density at radius 3 is 2.33 bits per heavy atom. The molecule has 0 amide bonds. The van der Waals surface area contributed by atoms with E-state index in [0.717, 1.165) is 16.4 Å². The van der Waals surface area contributed by atoms with Crippen LogP contribution in [0, 0.1) is 0 Å². The van der Waals surface area contributed by atoms with Crippen LogP contribution in [0.3, 0.4) is 0 Å². The van der Waals surface area contributed by atoms with E-state index in [2.05, 4.69) is 25.9 Å². The lowest BCUT2D eigenvalue weighted by atomic mass is 10.3. The summed E-state index contributed by atoms with van der Waals surface area (Å²) in [5.74, 6) is -0.163. The fourth-order valence-electron chi connectivity index (χ4n) is 2.45. The molecule has 0 atom stereocenters. The van der Waals surface area contributed by atoms with Crippen molar-refractivity contribution in [2.75, 3.05) is 11.4 Å². The van der Waals surface area contributed by atoms with Gasteiger partial charge in [-0.15, -0.1) is 0 Å². The van der Waals surface area contributed by atoms with Crippen LogP contribution < -0.4 is 9.64 Å². The van der Waals surface area contributed by atoms with E-state index < -0.39 is 17.6 Å². The topological polar surface area (TPSA) is 38.2 Å². The van der Waals surface area contributed by atoms with Gasteiger partial charge in [0.1, 0.15) is 11.3 Å². The largest absolute Gasteiger partial charge is 0.438 e. The van der Waals surface area contributed by atoms with Gasteiger partial charge in [0.2, 0.25) is 11.8 Å². The van der Waals surface area contributed by atoms with Crippen LogP contribution >= 0.6 is 15.9 Å². The third-order valence-corrected chi connectivity index (χ3v) is 4.38. The number of rotatable bonds is 5. The van der Waals surface area contributed by atoms with E-state index in [1.165, 1.54) is 0 Å². The average molecular weight is 438 g/mol. The van der Waals surface area contributed by atoms with E-state index in [1.807, 2.05) is 31.2 Å². The highest BCUT2D eigenvalue weighted by molar-refractivity contribution is 9.10. The lowest BCUT2D eigenvalue weighted by molar-refractivity contribution is -0.139. The van der Waals surface area contributed by atoms with Gasteiger partial charge in [-0.3, -0.25) is 0 Å². The molecule has 1 heterocycles. The van der Waals surface area contributed by atoms with Crippen LogP contribution in [-0.4, -0.2) is 16.5 Å². The SMILES string of the molecule is CCN(c1ncc(C(F)(F)F)c(Oc2ccccc2)n1)c1ccccc1Br. The zero-order valence-electron chi connectivity index (χ0n) is 14.2. The molecule has 4 nitrogen and oxygen atoms in total. The number of aromatic nitrogens is 2. The molecule has 0 N–H and O–H groups in total. The number of ether oxygens (including phenoxy) is 1. The van der Waals surface area contributed by atoms with Gasteiger partial charge in [0, 0.05) is 17.2 Å². The number of hydrogen-bond donors (Lipinski definition) is 0. The van der Waals surface area contributed by atoms with E-state index in [9.17, 15) is 13.2 Å². The second-order valence-corrected chi connectivity index (χ2v) is 6.35. The molecule has 0 saturated heterocycles. The lowest BCUT2D eigenvalue weighted by Gasteiger charge is -2.23. The zero-order chi connectivity index (χ0) is 19.4. The van der Waals surface area contributed by atoms with E-state index in [0.29, 0.717) is 6.54 Å². The van der Waals surface area contributed by atoms with Crippen molar-refractivity contribution in [3.8, 4) is 11.6 Å². The number of benzene rings is 2. The summed E-state index contributed by atoms with van der Waals surface area (Å²) in [4.78, 5) is 9.70. The number of hydrogen-bond acceptors (Lipinski definition) is 4. The Balaban J connectivity index is 2.07. The second-order valence-electron chi connectivity index (χ2n) is 5.50. The van der Waals surface area contributed by atoms with Crippen molar-refractivity contribution >= 4 is 27.6 Å². The summed E-state index contributed by atoms with van der Waals surface area (Å²) >= 11 is 3.45. The van der Waals surface area contributed by atoms with Gasteiger partial charge in [-0.1, -0.05) is 30.3 Å². The molecule has 0 radical (unpaired) electrons. The molecule has 3 rings (SSSR count). The maximum Gasteiger partial charge on any atom is 0.423 e. The molecule has 2 aromatic carbocycles. The van der Waals surface area contributed by atoms with Gasteiger partial charge in [-0.2, -0.15) is 18.2 Å². The van der Waals surface area contributed by atoms with Crippen LogP contribution in [0.15, 0.2) is 65.3 Å². The van der Waals surface area contributed by atoms with Crippen molar-refractivity contribution in [3.05, 3.63) is 70.8 Å². The molecule has 0 saturated carbocycles. The van der Waals surface area contributed by atoms with Crippen LogP contribution in [-0.2, 0) is 6.18 Å². The molecule has 0 unspecified atom stereocenters. The van der Waals surface area contributed by atoms with Crippen LogP contribution in [0.1, 0.15) is 12.5 Å². The standard InChI is InChI=1S/C19H15BrF3N3O/c1-2-26(16-11-7-6-10-15(16)20)18-24-12-14(19(21,22)23)17(25-18)27-13-8-4-3-5-9-13/h3-12H,2H2,1H3. The van der Waals surface area contributed by atoms with Crippen molar-refractivity contribution in [2.24, 2.45) is 0 Å². The maximum absolute atomic E-state index is 13.4. The molecule has 0 aliphatic carbocycles. The van der Waals surface area contributed by atoms with E-state index in [4.69, 9.17) is 4.74 Å². The van der Waals surface area contributed by atoms with Gasteiger partial charge in [0.05, 0.1) is 5.69 Å². The number of halogens is 4. The van der Waals surface area contributed by atoms with Crippen molar-refractivity contribution in [1.82, 2.24) is 9.97 Å². The van der Waals surface area contributed by atoms with Crippen LogP contribution in [0.25, 0.3) is 0 Å². The second kappa shape index (κ2) is 7.96. The Kier molecular flexibility index (Phi) is 5.65. The first kappa shape index (κ1) is 19.2. The van der Waals surface area contributed by atoms with Crippen molar-refractivity contribution in [2.45, 2.75) is 13.1 Å². The van der Waals surface area contributed by atoms with Crippen molar-refractivity contribution < 1.29 is 17.9 Å². The zero-order valence-corrected chi connectivity index (χ0v) is 15.8. The van der Waals surface area contributed by atoms with E-state index >= 15 is 0 Å². The maximum atomic E-state index is 13.4. The number of para-hydroxylation sites is 2. The molecule has 0 aliphatic heterocycles. The molecule has 0 aliphatic rings. The first-order valence-corrected chi connectivity index (χ1v) is 8.88. The van der Waals surface area contributed by atoms with Crippen LogP contribution in [0.5, 0.6) is 11.6 Å². The van der Waals surface area contributed by atoms with Crippen LogP contribution in [0.4, 0.5) is 24.8 Å². The van der Waals surface area contributed by atoms with E-state index in [-0.39, 0.29) is 11.7 Å².